The first-order chi connectivity index (χ1) is 18.3. The molecule has 0 saturated heterocycles. The maximum absolute atomic E-state index is 10.9. The Morgan fingerprint density at radius 1 is 0.553 bits per heavy atom. The van der Waals surface area contributed by atoms with Gasteiger partial charge in [-0.2, -0.15) is 0 Å². The average molecular weight is 564 g/mol. The summed E-state index contributed by atoms with van der Waals surface area (Å²) in [7, 11) is -0.00412. The summed E-state index contributed by atoms with van der Waals surface area (Å²) in [6, 6.07) is 0. The molecule has 1 unspecified atom stereocenters. The highest BCUT2D eigenvalue weighted by Gasteiger charge is 2.18. The van der Waals surface area contributed by atoms with Crippen LogP contribution in [-0.2, 0) is 9.09 Å². The van der Waals surface area contributed by atoms with Crippen LogP contribution in [0.25, 0.3) is 0 Å². The van der Waals surface area contributed by atoms with E-state index in [0.717, 1.165) is 25.7 Å². The van der Waals surface area contributed by atoms with Gasteiger partial charge < -0.3 is 14.7 Å². The fourth-order valence-electron chi connectivity index (χ4n) is 4.86. The molecule has 0 rings (SSSR count). The zero-order chi connectivity index (χ0) is 28.7. The lowest BCUT2D eigenvalue weighted by molar-refractivity contribution is 0.157. The van der Waals surface area contributed by atoms with Gasteiger partial charge in [0, 0.05) is 0 Å². The van der Waals surface area contributed by atoms with Crippen LogP contribution in [0.5, 0.6) is 0 Å². The third kappa shape index (κ3) is 38.2. The van der Waals surface area contributed by atoms with Crippen LogP contribution in [0.2, 0.25) is 0 Å². The summed E-state index contributed by atoms with van der Waals surface area (Å²) in [5.41, 5.74) is 0. The lowest BCUT2D eigenvalue weighted by Gasteiger charge is -2.17. The monoisotopic (exact) mass is 564 g/mol. The van der Waals surface area contributed by atoms with E-state index in [-0.39, 0.29) is 6.61 Å². The maximum atomic E-state index is 10.9. The molecule has 0 saturated carbocycles. The Morgan fingerprint density at radius 2 is 0.868 bits per heavy atom. The number of rotatable bonds is 28. The Balaban J connectivity index is 0. The molecule has 0 aromatic rings. The van der Waals surface area contributed by atoms with E-state index < -0.39 is 7.82 Å². The molecule has 0 spiro atoms. The van der Waals surface area contributed by atoms with Crippen molar-refractivity contribution in [3.05, 3.63) is 0 Å². The normalized spacial score (nSPS) is 12.5. The fraction of sp³-hybridized carbons (Fsp3) is 1.00. The summed E-state index contributed by atoms with van der Waals surface area (Å²) in [4.78, 5) is 20.0. The first kappa shape index (κ1) is 40.2. The predicted octanol–water partition coefficient (Wildman–Crippen LogP) is 10.7. The van der Waals surface area contributed by atoms with Crippen molar-refractivity contribution < 1.29 is 18.9 Å². The molecule has 0 heterocycles. The van der Waals surface area contributed by atoms with Crippen LogP contribution in [0.4, 0.5) is 0 Å². The molecule has 0 fully saturated rings. The molecule has 1 atom stereocenters. The van der Waals surface area contributed by atoms with Crippen molar-refractivity contribution in [2.45, 2.75) is 175 Å². The van der Waals surface area contributed by atoms with Crippen molar-refractivity contribution in [2.75, 3.05) is 27.2 Å². The Labute approximate surface area is 239 Å². The van der Waals surface area contributed by atoms with Gasteiger partial charge in [0.25, 0.3) is 0 Å². The van der Waals surface area contributed by atoms with E-state index in [1.165, 1.54) is 135 Å². The fourth-order valence-corrected chi connectivity index (χ4v) is 5.26. The third-order valence-electron chi connectivity index (χ3n) is 7.37. The van der Waals surface area contributed by atoms with Crippen LogP contribution in [0.15, 0.2) is 0 Å². The van der Waals surface area contributed by atoms with E-state index in [0.29, 0.717) is 5.92 Å². The van der Waals surface area contributed by atoms with Gasteiger partial charge in [-0.05, 0) is 45.8 Å². The molecule has 38 heavy (non-hydrogen) atoms. The van der Waals surface area contributed by atoms with Gasteiger partial charge >= 0.3 is 7.82 Å². The minimum absolute atomic E-state index is 0.201. The molecule has 0 aliphatic carbocycles. The number of hydrogen-bond acceptors (Lipinski definition) is 3. The molecule has 232 valence electrons. The second-order valence-electron chi connectivity index (χ2n) is 11.8. The van der Waals surface area contributed by atoms with Crippen molar-refractivity contribution >= 4 is 7.82 Å². The Bertz CT molecular complexity index is 484. The van der Waals surface area contributed by atoms with Gasteiger partial charge in [-0.3, -0.25) is 4.52 Å². The van der Waals surface area contributed by atoms with Gasteiger partial charge in [-0.15, -0.1) is 0 Å². The Morgan fingerprint density at radius 3 is 1.21 bits per heavy atom. The summed E-state index contributed by atoms with van der Waals surface area (Å²) in [6.07, 6.45) is 31.5. The Hall–Kier alpha value is 0.0700. The number of nitrogens with zero attached hydrogens (tertiary/aromatic N) is 1. The van der Waals surface area contributed by atoms with Gasteiger partial charge in [0.15, 0.2) is 0 Å². The second-order valence-corrected chi connectivity index (χ2v) is 13.0. The highest BCUT2D eigenvalue weighted by atomic mass is 31.2. The van der Waals surface area contributed by atoms with Crippen LogP contribution in [0.1, 0.15) is 175 Å². The van der Waals surface area contributed by atoms with Crippen molar-refractivity contribution in [2.24, 2.45) is 5.92 Å². The molecule has 6 heteroatoms. The largest absolute Gasteiger partial charge is 0.469 e. The first-order valence-electron chi connectivity index (χ1n) is 16.6. The number of unbranched alkanes of at least 4 members (excludes halogenated alkanes) is 19. The molecule has 0 aliphatic heterocycles. The minimum Gasteiger partial charge on any atom is -0.309 e. The number of phosphoric acid groups is 1. The van der Waals surface area contributed by atoms with Crippen LogP contribution < -0.4 is 0 Å². The molecule has 0 radical (unpaired) electrons. The van der Waals surface area contributed by atoms with Crippen LogP contribution in [0, 0.1) is 5.92 Å². The van der Waals surface area contributed by atoms with Crippen LogP contribution in [-0.4, -0.2) is 41.9 Å². The van der Waals surface area contributed by atoms with E-state index >= 15 is 0 Å². The summed E-state index contributed by atoms with van der Waals surface area (Å²) >= 11 is 0. The average Bonchev–Trinajstić information content (AvgIpc) is 2.87. The number of phosphoric ester groups is 1. The lowest BCUT2D eigenvalue weighted by atomic mass is 9.95. The topological polar surface area (TPSA) is 70.0 Å². The van der Waals surface area contributed by atoms with Gasteiger partial charge in [0.1, 0.15) is 0 Å². The van der Waals surface area contributed by atoms with Gasteiger partial charge in [-0.25, -0.2) is 4.57 Å². The summed E-state index contributed by atoms with van der Waals surface area (Å²) in [5, 5.41) is 0. The van der Waals surface area contributed by atoms with Gasteiger partial charge in [0.2, 0.25) is 0 Å². The zero-order valence-electron chi connectivity index (χ0n) is 26.6. The molecule has 0 aromatic heterocycles. The molecule has 0 bridgehead atoms. The summed E-state index contributed by atoms with van der Waals surface area (Å²) in [5.74, 6) is 0.291. The summed E-state index contributed by atoms with van der Waals surface area (Å²) < 4.78 is 15.6. The second kappa shape index (κ2) is 31.6. The highest BCUT2D eigenvalue weighted by molar-refractivity contribution is 7.46. The van der Waals surface area contributed by atoms with Crippen LogP contribution in [0.3, 0.4) is 0 Å². The van der Waals surface area contributed by atoms with E-state index in [9.17, 15) is 4.57 Å². The van der Waals surface area contributed by atoms with Crippen molar-refractivity contribution in [1.29, 1.82) is 0 Å². The van der Waals surface area contributed by atoms with Crippen molar-refractivity contribution in [3.8, 4) is 0 Å². The standard InChI is InChI=1S/C18H39O4P.C14H31N/c1-3-5-7-9-10-11-12-14-16-18(15-13-8-6-4-2)17-22-23(19,20)21;1-4-5-6-7-8-9-10-11-12-13-14-15(2)3/h18H,3-17H2,1-2H3,(H2,19,20,21);4-14H2,1-3H3. The van der Waals surface area contributed by atoms with E-state index in [1.807, 2.05) is 0 Å². The quantitative estimate of drug-likeness (QED) is 0.0732. The highest BCUT2D eigenvalue weighted by Crippen LogP contribution is 2.37. The van der Waals surface area contributed by atoms with E-state index in [2.05, 4.69) is 39.8 Å². The first-order valence-corrected chi connectivity index (χ1v) is 18.1. The van der Waals surface area contributed by atoms with Gasteiger partial charge in [0.05, 0.1) is 6.61 Å². The molecular formula is C32H70NO4P. The number of hydrogen-bond donors (Lipinski definition) is 2. The smallest absolute Gasteiger partial charge is 0.309 e. The summed E-state index contributed by atoms with van der Waals surface area (Å²) in [6.45, 7) is 8.17. The Kier molecular flexibility index (Phi) is 33.4. The van der Waals surface area contributed by atoms with E-state index in [4.69, 9.17) is 14.3 Å². The molecule has 5 nitrogen and oxygen atoms in total. The zero-order valence-corrected chi connectivity index (χ0v) is 27.5. The molecular weight excluding hydrogens is 493 g/mol. The predicted molar refractivity (Wildman–Crippen MR) is 168 cm³/mol. The SMILES string of the molecule is CCCCCCCCCCC(CCCCCC)COP(=O)(O)O.CCCCCCCCCCCCN(C)C. The van der Waals surface area contributed by atoms with Gasteiger partial charge in [-0.1, -0.05) is 156 Å². The third-order valence-corrected chi connectivity index (χ3v) is 7.85. The molecule has 0 aliphatic rings. The molecule has 0 aromatic carbocycles. The molecule has 2 N–H and O–H groups in total. The van der Waals surface area contributed by atoms with Crippen molar-refractivity contribution in [1.82, 2.24) is 4.90 Å². The maximum Gasteiger partial charge on any atom is 0.469 e. The lowest BCUT2D eigenvalue weighted by Crippen LogP contribution is -2.12. The van der Waals surface area contributed by atoms with Crippen LogP contribution >= 0.6 is 7.82 Å². The molecule has 0 amide bonds. The van der Waals surface area contributed by atoms with E-state index in [1.54, 1.807) is 0 Å². The van der Waals surface area contributed by atoms with Crippen molar-refractivity contribution in [3.63, 3.8) is 0 Å². The minimum atomic E-state index is -4.33.